The molecule has 96 valence electrons. The Kier molecular flexibility index (Phi) is 20.1. The Morgan fingerprint density at radius 2 is 1.31 bits per heavy atom. The quantitative estimate of drug-likeness (QED) is 0.261. The molecule has 0 rings (SSSR count). The van der Waals surface area contributed by atoms with E-state index in [1.54, 1.807) is 6.92 Å². The van der Waals surface area contributed by atoms with Gasteiger partial charge in [0.2, 0.25) is 11.9 Å². The van der Waals surface area contributed by atoms with Crippen molar-refractivity contribution in [2.24, 2.45) is 43.3 Å². The molecule has 0 aliphatic carbocycles. The summed E-state index contributed by atoms with van der Waals surface area (Å²) in [5.41, 5.74) is 20.5. The Morgan fingerprint density at radius 1 is 0.875 bits per heavy atom. The largest absolute Gasteiger partial charge is 0.412 e. The van der Waals surface area contributed by atoms with Gasteiger partial charge in [0.25, 0.3) is 0 Å². The van der Waals surface area contributed by atoms with Crippen LogP contribution >= 0.6 is 24.8 Å². The molecular formula is C5H16Cl2N8O. The number of rotatable bonds is 3. The van der Waals surface area contributed by atoms with E-state index in [1.807, 2.05) is 0 Å². The minimum atomic E-state index is -0.133. The summed E-state index contributed by atoms with van der Waals surface area (Å²) in [4.78, 5) is 0. The average Bonchev–Trinajstić information content (AvgIpc) is 2.00. The van der Waals surface area contributed by atoms with Crippen molar-refractivity contribution in [3.05, 3.63) is 0 Å². The SMILES string of the molecule is CC(/C=N/N=C(N)N)=N\N=C(N)N.Cl.Cl.O. The molecule has 0 fully saturated rings. The molecule has 0 spiro atoms. The number of hydrogen-bond donors (Lipinski definition) is 4. The smallest absolute Gasteiger partial charge is 0.211 e. The lowest BCUT2D eigenvalue weighted by atomic mass is 10.5. The van der Waals surface area contributed by atoms with Gasteiger partial charge >= 0.3 is 0 Å². The van der Waals surface area contributed by atoms with Gasteiger partial charge in [-0.3, -0.25) is 0 Å². The molecule has 0 saturated carbocycles. The molecule has 9 nitrogen and oxygen atoms in total. The van der Waals surface area contributed by atoms with Gasteiger partial charge in [-0.2, -0.15) is 10.2 Å². The standard InChI is InChI=1S/C5H12N8.2ClH.H2O/c1-3(11-13-5(8)9)2-10-12-4(6)7;;;/h2H,1H3,(H4,6,7,12)(H4,8,9,13);2*1H;1H2/b10-2+,11-3+;;;. The molecule has 0 aliphatic heterocycles. The van der Waals surface area contributed by atoms with Gasteiger partial charge in [0.1, 0.15) is 0 Å². The highest BCUT2D eigenvalue weighted by molar-refractivity contribution is 6.29. The van der Waals surface area contributed by atoms with Gasteiger partial charge in [0, 0.05) is 0 Å². The topological polar surface area (TPSA) is 185 Å². The van der Waals surface area contributed by atoms with Gasteiger partial charge in [-0.25, -0.2) is 0 Å². The second-order valence-electron chi connectivity index (χ2n) is 2.04. The minimum absolute atomic E-state index is 0. The molecule has 16 heavy (non-hydrogen) atoms. The van der Waals surface area contributed by atoms with Crippen molar-refractivity contribution in [3.63, 3.8) is 0 Å². The second-order valence-corrected chi connectivity index (χ2v) is 2.04. The van der Waals surface area contributed by atoms with Crippen LogP contribution < -0.4 is 22.9 Å². The van der Waals surface area contributed by atoms with Gasteiger partial charge in [0.15, 0.2) is 0 Å². The van der Waals surface area contributed by atoms with E-state index in [9.17, 15) is 0 Å². The molecular weight excluding hydrogens is 259 g/mol. The average molecular weight is 275 g/mol. The van der Waals surface area contributed by atoms with Crippen LogP contribution in [0.5, 0.6) is 0 Å². The van der Waals surface area contributed by atoms with Crippen LogP contribution in [0.2, 0.25) is 0 Å². The first kappa shape index (κ1) is 23.9. The highest BCUT2D eigenvalue weighted by Crippen LogP contribution is 1.76. The Morgan fingerprint density at radius 3 is 1.69 bits per heavy atom. The monoisotopic (exact) mass is 274 g/mol. The van der Waals surface area contributed by atoms with Crippen molar-refractivity contribution in [3.8, 4) is 0 Å². The third kappa shape index (κ3) is 18.3. The summed E-state index contributed by atoms with van der Waals surface area (Å²) in [6.07, 6.45) is 1.31. The lowest BCUT2D eigenvalue weighted by molar-refractivity contribution is 0.824. The van der Waals surface area contributed by atoms with E-state index in [-0.39, 0.29) is 42.2 Å². The summed E-state index contributed by atoms with van der Waals surface area (Å²) < 4.78 is 0. The number of nitrogens with zero attached hydrogens (tertiary/aromatic N) is 4. The van der Waals surface area contributed by atoms with Crippen molar-refractivity contribution in [2.75, 3.05) is 0 Å². The number of guanidine groups is 2. The first-order chi connectivity index (χ1) is 6.02. The molecule has 0 aliphatic rings. The summed E-state index contributed by atoms with van der Waals surface area (Å²) in [7, 11) is 0. The normalized spacial score (nSPS) is 9.19. The summed E-state index contributed by atoms with van der Waals surface area (Å²) >= 11 is 0. The molecule has 11 heteroatoms. The molecule has 0 unspecified atom stereocenters. The summed E-state index contributed by atoms with van der Waals surface area (Å²) in [5, 5.41) is 13.8. The third-order valence-corrected chi connectivity index (χ3v) is 0.741. The lowest BCUT2D eigenvalue weighted by Gasteiger charge is -1.86. The fraction of sp³-hybridized carbons (Fsp3) is 0.200. The van der Waals surface area contributed by atoms with Crippen LogP contribution in [0.3, 0.4) is 0 Å². The fourth-order valence-corrected chi connectivity index (χ4v) is 0.342. The zero-order chi connectivity index (χ0) is 10.3. The van der Waals surface area contributed by atoms with E-state index in [2.05, 4.69) is 20.4 Å². The Hall–Kier alpha value is -1.58. The van der Waals surface area contributed by atoms with Crippen LogP contribution in [0.1, 0.15) is 6.92 Å². The van der Waals surface area contributed by atoms with Crippen molar-refractivity contribution in [2.45, 2.75) is 6.92 Å². The van der Waals surface area contributed by atoms with E-state index in [0.29, 0.717) is 5.71 Å². The molecule has 0 bridgehead atoms. The second kappa shape index (κ2) is 13.4. The van der Waals surface area contributed by atoms with Crippen molar-refractivity contribution >= 4 is 48.7 Å². The third-order valence-electron chi connectivity index (χ3n) is 0.741. The Bertz CT molecular complexity index is 278. The predicted molar refractivity (Wildman–Crippen MR) is 71.3 cm³/mol. The van der Waals surface area contributed by atoms with Gasteiger partial charge in [-0.15, -0.1) is 35.0 Å². The fourth-order valence-electron chi connectivity index (χ4n) is 0.342. The highest BCUT2D eigenvalue weighted by Gasteiger charge is 1.83. The zero-order valence-corrected chi connectivity index (χ0v) is 10.1. The molecule has 0 aromatic heterocycles. The molecule has 0 aromatic rings. The number of halogens is 2. The maximum Gasteiger partial charge on any atom is 0.211 e. The summed E-state index contributed by atoms with van der Waals surface area (Å²) in [6.45, 7) is 1.64. The molecule has 0 amide bonds. The first-order valence-corrected chi connectivity index (χ1v) is 3.27. The van der Waals surface area contributed by atoms with Gasteiger partial charge < -0.3 is 28.4 Å². The molecule has 0 atom stereocenters. The molecule has 0 aromatic carbocycles. The van der Waals surface area contributed by atoms with Crippen LogP contribution in [0.25, 0.3) is 0 Å². The first-order valence-electron chi connectivity index (χ1n) is 3.27. The van der Waals surface area contributed by atoms with E-state index < -0.39 is 0 Å². The van der Waals surface area contributed by atoms with Gasteiger partial charge in [0.05, 0.1) is 11.9 Å². The highest BCUT2D eigenvalue weighted by atomic mass is 35.5. The van der Waals surface area contributed by atoms with E-state index in [0.717, 1.165) is 0 Å². The predicted octanol–water partition coefficient (Wildman–Crippen LogP) is -2.09. The lowest BCUT2D eigenvalue weighted by Crippen LogP contribution is -2.22. The zero-order valence-electron chi connectivity index (χ0n) is 8.49. The van der Waals surface area contributed by atoms with E-state index >= 15 is 0 Å². The molecule has 0 radical (unpaired) electrons. The van der Waals surface area contributed by atoms with E-state index in [1.165, 1.54) is 6.21 Å². The van der Waals surface area contributed by atoms with Crippen molar-refractivity contribution < 1.29 is 5.48 Å². The number of hydrogen-bond acceptors (Lipinski definition) is 4. The number of nitrogens with two attached hydrogens (primary N) is 4. The Balaban J connectivity index is -0.000000240. The van der Waals surface area contributed by atoms with Crippen LogP contribution in [0, 0.1) is 0 Å². The van der Waals surface area contributed by atoms with Crippen molar-refractivity contribution in [1.82, 2.24) is 0 Å². The molecule has 10 N–H and O–H groups in total. The molecule has 0 heterocycles. The minimum Gasteiger partial charge on any atom is -0.412 e. The summed E-state index contributed by atoms with van der Waals surface area (Å²) in [6, 6.07) is 0. The summed E-state index contributed by atoms with van der Waals surface area (Å²) in [5.74, 6) is -0.263. The van der Waals surface area contributed by atoms with Crippen LogP contribution in [-0.2, 0) is 0 Å². The van der Waals surface area contributed by atoms with Crippen molar-refractivity contribution in [1.29, 1.82) is 0 Å². The Labute approximate surface area is 105 Å². The van der Waals surface area contributed by atoms with Crippen LogP contribution in [0.4, 0.5) is 0 Å². The van der Waals surface area contributed by atoms with E-state index in [4.69, 9.17) is 22.9 Å². The van der Waals surface area contributed by atoms with Gasteiger partial charge in [-0.05, 0) is 6.92 Å². The maximum absolute atomic E-state index is 5.03. The molecule has 0 saturated heterocycles. The van der Waals surface area contributed by atoms with Crippen LogP contribution in [-0.4, -0.2) is 29.3 Å². The van der Waals surface area contributed by atoms with Gasteiger partial charge in [-0.1, -0.05) is 0 Å². The maximum atomic E-state index is 5.03. The van der Waals surface area contributed by atoms with Crippen LogP contribution in [0.15, 0.2) is 20.4 Å².